The van der Waals surface area contributed by atoms with Crippen LogP contribution in [0.1, 0.15) is 18.4 Å². The first-order valence-electron chi connectivity index (χ1n) is 8.37. The number of likely N-dealkylation sites (tertiary alicyclic amines) is 1. The first-order valence-corrected chi connectivity index (χ1v) is 8.37. The van der Waals surface area contributed by atoms with Gasteiger partial charge >= 0.3 is 6.09 Å². The zero-order chi connectivity index (χ0) is 15.8. The van der Waals surface area contributed by atoms with Crippen molar-refractivity contribution < 1.29 is 13.9 Å². The SMILES string of the molecule is O=C1O[C@H]2CNC[C@H]2N1C1CCN(Cc2cccc(F)c2)CC1. The number of piperidine rings is 1. The van der Waals surface area contributed by atoms with E-state index < -0.39 is 0 Å². The quantitative estimate of drug-likeness (QED) is 0.919. The fourth-order valence-corrected chi connectivity index (χ4v) is 4.03. The van der Waals surface area contributed by atoms with E-state index >= 15 is 0 Å². The lowest BCUT2D eigenvalue weighted by Gasteiger charge is -2.37. The number of benzene rings is 1. The average Bonchev–Trinajstić information content (AvgIpc) is 3.08. The number of halogens is 1. The first kappa shape index (κ1) is 14.9. The van der Waals surface area contributed by atoms with Gasteiger partial charge in [0.1, 0.15) is 11.9 Å². The van der Waals surface area contributed by atoms with Gasteiger partial charge in [-0.1, -0.05) is 12.1 Å². The Kier molecular flexibility index (Phi) is 3.95. The third kappa shape index (κ3) is 2.93. The van der Waals surface area contributed by atoms with Crippen LogP contribution in [0.3, 0.4) is 0 Å². The number of fused-ring (bicyclic) bond motifs is 1. The van der Waals surface area contributed by atoms with Gasteiger partial charge in [0.15, 0.2) is 0 Å². The monoisotopic (exact) mass is 319 g/mol. The van der Waals surface area contributed by atoms with Crippen molar-refractivity contribution in [2.24, 2.45) is 0 Å². The van der Waals surface area contributed by atoms with E-state index in [1.165, 1.54) is 6.07 Å². The Balaban J connectivity index is 1.35. The Labute approximate surface area is 135 Å². The molecule has 3 aliphatic heterocycles. The molecule has 0 spiro atoms. The third-order valence-electron chi connectivity index (χ3n) is 5.19. The molecule has 1 amide bonds. The van der Waals surface area contributed by atoms with Gasteiger partial charge in [0.05, 0.1) is 6.04 Å². The Bertz CT molecular complexity index is 589. The molecule has 1 N–H and O–H groups in total. The standard InChI is InChI=1S/C17H22FN3O2/c18-13-3-1-2-12(8-13)11-20-6-4-14(5-7-20)21-15-9-19-10-16(15)23-17(21)22/h1-3,8,14-16,19H,4-7,9-11H2/t15-,16+/m1/s1. The fraction of sp³-hybridized carbons (Fsp3) is 0.588. The van der Waals surface area contributed by atoms with E-state index in [-0.39, 0.29) is 30.1 Å². The number of nitrogens with one attached hydrogen (secondary N) is 1. The Morgan fingerprint density at radius 3 is 2.87 bits per heavy atom. The molecule has 0 aromatic heterocycles. The molecule has 1 aromatic carbocycles. The lowest BCUT2D eigenvalue weighted by Crippen LogP contribution is -2.49. The van der Waals surface area contributed by atoms with Crippen LogP contribution >= 0.6 is 0 Å². The summed E-state index contributed by atoms with van der Waals surface area (Å²) in [5, 5.41) is 3.30. The summed E-state index contributed by atoms with van der Waals surface area (Å²) in [6, 6.07) is 7.25. The molecular weight excluding hydrogens is 297 g/mol. The average molecular weight is 319 g/mol. The van der Waals surface area contributed by atoms with Gasteiger partial charge in [0, 0.05) is 38.8 Å². The maximum atomic E-state index is 13.3. The normalized spacial score (nSPS) is 28.9. The fourth-order valence-electron chi connectivity index (χ4n) is 4.03. The smallest absolute Gasteiger partial charge is 0.410 e. The number of carbonyl (C=O) groups excluding carboxylic acids is 1. The topological polar surface area (TPSA) is 44.8 Å². The molecule has 4 rings (SSSR count). The summed E-state index contributed by atoms with van der Waals surface area (Å²) < 4.78 is 18.7. The van der Waals surface area contributed by atoms with Crippen molar-refractivity contribution in [1.29, 1.82) is 0 Å². The van der Waals surface area contributed by atoms with Gasteiger partial charge in [-0.3, -0.25) is 9.80 Å². The highest BCUT2D eigenvalue weighted by atomic mass is 19.1. The van der Waals surface area contributed by atoms with Crippen molar-refractivity contribution in [3.05, 3.63) is 35.6 Å². The summed E-state index contributed by atoms with van der Waals surface area (Å²) in [6.45, 7) is 4.22. The third-order valence-corrected chi connectivity index (χ3v) is 5.19. The van der Waals surface area contributed by atoms with Crippen LogP contribution in [-0.2, 0) is 11.3 Å². The Hall–Kier alpha value is -1.66. The molecule has 124 valence electrons. The van der Waals surface area contributed by atoms with E-state index in [2.05, 4.69) is 10.2 Å². The summed E-state index contributed by atoms with van der Waals surface area (Å²) in [5.41, 5.74) is 1.00. The van der Waals surface area contributed by atoms with E-state index in [1.54, 1.807) is 12.1 Å². The van der Waals surface area contributed by atoms with Gasteiger partial charge in [0.2, 0.25) is 0 Å². The van der Waals surface area contributed by atoms with Crippen LogP contribution in [0.2, 0.25) is 0 Å². The van der Waals surface area contributed by atoms with Crippen LogP contribution in [0.15, 0.2) is 24.3 Å². The van der Waals surface area contributed by atoms with Gasteiger partial charge in [-0.05, 0) is 30.5 Å². The number of amides is 1. The second-order valence-electron chi connectivity index (χ2n) is 6.69. The van der Waals surface area contributed by atoms with Crippen molar-refractivity contribution >= 4 is 6.09 Å². The summed E-state index contributed by atoms with van der Waals surface area (Å²) in [5.74, 6) is -0.183. The highest BCUT2D eigenvalue weighted by Crippen LogP contribution is 2.29. The maximum Gasteiger partial charge on any atom is 0.410 e. The van der Waals surface area contributed by atoms with Crippen molar-refractivity contribution in [2.75, 3.05) is 26.2 Å². The first-order chi connectivity index (χ1) is 11.2. The minimum atomic E-state index is -0.183. The van der Waals surface area contributed by atoms with Crippen molar-refractivity contribution in [2.45, 2.75) is 37.6 Å². The van der Waals surface area contributed by atoms with Gasteiger partial charge in [-0.2, -0.15) is 0 Å². The molecule has 3 saturated heterocycles. The zero-order valence-corrected chi connectivity index (χ0v) is 13.1. The largest absolute Gasteiger partial charge is 0.442 e. The van der Waals surface area contributed by atoms with E-state index in [9.17, 15) is 9.18 Å². The molecular formula is C17H22FN3O2. The summed E-state index contributed by atoms with van der Waals surface area (Å²) in [4.78, 5) is 16.4. The minimum absolute atomic E-state index is 0.0211. The molecule has 3 heterocycles. The molecule has 23 heavy (non-hydrogen) atoms. The number of ether oxygens (including phenoxy) is 1. The molecule has 0 unspecified atom stereocenters. The number of hydrogen-bond acceptors (Lipinski definition) is 4. The molecule has 6 heteroatoms. The van der Waals surface area contributed by atoms with E-state index in [4.69, 9.17) is 4.74 Å². The molecule has 0 bridgehead atoms. The van der Waals surface area contributed by atoms with Crippen LogP contribution in [0, 0.1) is 5.82 Å². The minimum Gasteiger partial charge on any atom is -0.442 e. The van der Waals surface area contributed by atoms with Crippen LogP contribution in [0.4, 0.5) is 9.18 Å². The molecule has 3 fully saturated rings. The van der Waals surface area contributed by atoms with Crippen LogP contribution in [0.25, 0.3) is 0 Å². The van der Waals surface area contributed by atoms with Crippen LogP contribution in [0.5, 0.6) is 0 Å². The van der Waals surface area contributed by atoms with Crippen LogP contribution < -0.4 is 5.32 Å². The molecule has 0 radical (unpaired) electrons. The predicted molar refractivity (Wildman–Crippen MR) is 83.5 cm³/mol. The van der Waals surface area contributed by atoms with E-state index in [0.29, 0.717) is 0 Å². The van der Waals surface area contributed by atoms with Gasteiger partial charge in [0.25, 0.3) is 0 Å². The van der Waals surface area contributed by atoms with Crippen LogP contribution in [-0.4, -0.2) is 60.3 Å². The van der Waals surface area contributed by atoms with Gasteiger partial charge in [-0.15, -0.1) is 0 Å². The molecule has 2 atom stereocenters. The molecule has 5 nitrogen and oxygen atoms in total. The number of carbonyl (C=O) groups is 1. The lowest BCUT2D eigenvalue weighted by atomic mass is 10.0. The number of nitrogens with zero attached hydrogens (tertiary/aromatic N) is 2. The van der Waals surface area contributed by atoms with Crippen molar-refractivity contribution in [1.82, 2.24) is 15.1 Å². The Morgan fingerprint density at radius 1 is 1.26 bits per heavy atom. The molecule has 0 aliphatic carbocycles. The summed E-state index contributed by atoms with van der Waals surface area (Å²) >= 11 is 0. The Morgan fingerprint density at radius 2 is 2.09 bits per heavy atom. The van der Waals surface area contributed by atoms with Gasteiger partial charge in [-0.25, -0.2) is 9.18 Å². The zero-order valence-electron chi connectivity index (χ0n) is 13.1. The second kappa shape index (κ2) is 6.09. The van der Waals surface area contributed by atoms with Crippen molar-refractivity contribution in [3.63, 3.8) is 0 Å². The van der Waals surface area contributed by atoms with E-state index in [1.807, 2.05) is 11.0 Å². The predicted octanol–water partition coefficient (Wildman–Crippen LogP) is 1.58. The summed E-state index contributed by atoms with van der Waals surface area (Å²) in [7, 11) is 0. The maximum absolute atomic E-state index is 13.3. The molecule has 0 saturated carbocycles. The number of rotatable bonds is 3. The van der Waals surface area contributed by atoms with E-state index in [0.717, 1.165) is 51.1 Å². The number of hydrogen-bond donors (Lipinski definition) is 1. The molecule has 1 aromatic rings. The second-order valence-corrected chi connectivity index (χ2v) is 6.69. The van der Waals surface area contributed by atoms with Crippen molar-refractivity contribution in [3.8, 4) is 0 Å². The lowest BCUT2D eigenvalue weighted by molar-refractivity contribution is 0.102. The van der Waals surface area contributed by atoms with Gasteiger partial charge < -0.3 is 10.1 Å². The highest BCUT2D eigenvalue weighted by Gasteiger charge is 2.47. The molecule has 3 aliphatic rings. The highest BCUT2D eigenvalue weighted by molar-refractivity contribution is 5.71. The summed E-state index contributed by atoms with van der Waals surface area (Å²) in [6.07, 6.45) is 1.78.